The molecule has 8 heteroatoms. The summed E-state index contributed by atoms with van der Waals surface area (Å²) in [6, 6.07) is 22.6. The first kappa shape index (κ1) is 26.4. The van der Waals surface area contributed by atoms with Crippen molar-refractivity contribution in [3.8, 4) is 11.5 Å². The van der Waals surface area contributed by atoms with Gasteiger partial charge < -0.3 is 10.1 Å². The van der Waals surface area contributed by atoms with E-state index < -0.39 is 6.04 Å². The molecule has 0 radical (unpaired) electrons. The third-order valence-electron chi connectivity index (χ3n) is 6.96. The highest BCUT2D eigenvalue weighted by atomic mass is 32.2. The summed E-state index contributed by atoms with van der Waals surface area (Å²) in [6.45, 7) is 2.62. The third kappa shape index (κ3) is 6.81. The molecule has 3 aromatic carbocycles. The number of benzene rings is 3. The summed E-state index contributed by atoms with van der Waals surface area (Å²) in [5.41, 5.74) is 1.77. The molecule has 0 spiro atoms. The molecule has 2 heterocycles. The Morgan fingerprint density at radius 2 is 1.61 bits per heavy atom. The fraction of sp³-hybridized carbons (Fsp3) is 0.333. The van der Waals surface area contributed by atoms with Gasteiger partial charge in [-0.15, -0.1) is 0 Å². The first-order chi connectivity index (χ1) is 18.5. The minimum atomic E-state index is -0.417. The Hall–Kier alpha value is -3.20. The van der Waals surface area contributed by atoms with Crippen molar-refractivity contribution in [3.05, 3.63) is 90.2 Å². The zero-order chi connectivity index (χ0) is 26.3. The maximum Gasteiger partial charge on any atom is 0.250 e. The van der Waals surface area contributed by atoms with Gasteiger partial charge in [0.25, 0.3) is 5.91 Å². The number of hydrogen-bond acceptors (Lipinski definition) is 6. The van der Waals surface area contributed by atoms with Crippen molar-refractivity contribution in [1.29, 1.82) is 0 Å². The number of carbonyl (C=O) groups is 2. The van der Waals surface area contributed by atoms with Crippen LogP contribution in [0.25, 0.3) is 0 Å². The average molecular weight is 534 g/mol. The Balaban J connectivity index is 1.31. The summed E-state index contributed by atoms with van der Waals surface area (Å²) < 4.78 is 19.0. The number of carbonyl (C=O) groups excluding carboxylic acids is 2. The molecule has 6 nitrogen and oxygen atoms in total. The normalized spacial score (nSPS) is 19.7. The molecule has 2 aliphatic heterocycles. The number of thioether (sulfide) groups is 1. The van der Waals surface area contributed by atoms with Crippen LogP contribution >= 0.6 is 11.8 Å². The number of imide groups is 1. The van der Waals surface area contributed by atoms with Gasteiger partial charge in [0.15, 0.2) is 0 Å². The molecule has 2 fully saturated rings. The molecule has 0 aliphatic carbocycles. The van der Waals surface area contributed by atoms with Crippen molar-refractivity contribution in [3.63, 3.8) is 0 Å². The Morgan fingerprint density at radius 3 is 2.29 bits per heavy atom. The lowest BCUT2D eigenvalue weighted by Gasteiger charge is -2.30. The molecule has 38 heavy (non-hydrogen) atoms. The summed E-state index contributed by atoms with van der Waals surface area (Å²) in [7, 11) is 0. The topological polar surface area (TPSA) is 61.9 Å². The summed E-state index contributed by atoms with van der Waals surface area (Å²) in [4.78, 5) is 30.8. The molecule has 2 unspecified atom stereocenters. The molecular formula is C30H32FN3O3S. The number of hydrogen-bond donors (Lipinski definition) is 1. The molecule has 3 aromatic rings. The summed E-state index contributed by atoms with van der Waals surface area (Å²) in [5.74, 6) is 2.57. The second-order valence-electron chi connectivity index (χ2n) is 9.76. The Bertz CT molecular complexity index is 1220. The van der Waals surface area contributed by atoms with E-state index in [2.05, 4.69) is 22.3 Å². The van der Waals surface area contributed by atoms with Crippen molar-refractivity contribution in [2.24, 2.45) is 5.92 Å². The number of nitrogens with zero attached hydrogens (tertiary/aromatic N) is 2. The van der Waals surface area contributed by atoms with E-state index in [1.165, 1.54) is 22.6 Å². The van der Waals surface area contributed by atoms with E-state index in [1.54, 1.807) is 36.4 Å². The van der Waals surface area contributed by atoms with Gasteiger partial charge in [0.05, 0.1) is 18.3 Å². The van der Waals surface area contributed by atoms with Gasteiger partial charge in [0.2, 0.25) is 5.91 Å². The number of rotatable bonds is 8. The number of ether oxygens (including phenoxy) is 1. The van der Waals surface area contributed by atoms with Crippen LogP contribution in [0.5, 0.6) is 11.5 Å². The number of nitrogens with one attached hydrogen (secondary N) is 1. The highest BCUT2D eigenvalue weighted by Crippen LogP contribution is 2.27. The third-order valence-corrected chi connectivity index (χ3v) is 7.91. The van der Waals surface area contributed by atoms with E-state index in [0.29, 0.717) is 29.5 Å². The predicted molar refractivity (Wildman–Crippen MR) is 149 cm³/mol. The molecule has 2 saturated heterocycles. The van der Waals surface area contributed by atoms with E-state index in [4.69, 9.17) is 4.74 Å². The maximum absolute atomic E-state index is 13.8. The van der Waals surface area contributed by atoms with Gasteiger partial charge in [-0.2, -0.15) is 11.8 Å². The van der Waals surface area contributed by atoms with Crippen molar-refractivity contribution in [2.75, 3.05) is 42.6 Å². The van der Waals surface area contributed by atoms with Crippen LogP contribution in [0.4, 0.5) is 10.1 Å². The van der Waals surface area contributed by atoms with Crippen molar-refractivity contribution < 1.29 is 18.7 Å². The maximum atomic E-state index is 13.8. The van der Waals surface area contributed by atoms with Crippen molar-refractivity contribution in [2.45, 2.75) is 18.9 Å². The van der Waals surface area contributed by atoms with E-state index in [1.807, 2.05) is 30.0 Å². The largest absolute Gasteiger partial charge is 0.457 e. The molecule has 0 aromatic heterocycles. The van der Waals surface area contributed by atoms with Crippen LogP contribution in [-0.4, -0.2) is 60.4 Å². The Labute approximate surface area is 227 Å². The van der Waals surface area contributed by atoms with Crippen LogP contribution in [0.2, 0.25) is 0 Å². The van der Waals surface area contributed by atoms with E-state index >= 15 is 0 Å². The number of anilines is 1. The van der Waals surface area contributed by atoms with Gasteiger partial charge in [0, 0.05) is 24.6 Å². The number of amides is 2. The lowest BCUT2D eigenvalue weighted by Crippen LogP contribution is -2.51. The highest BCUT2D eigenvalue weighted by Gasteiger charge is 2.36. The van der Waals surface area contributed by atoms with Crippen LogP contribution in [0, 0.1) is 11.7 Å². The van der Waals surface area contributed by atoms with Gasteiger partial charge in [-0.1, -0.05) is 30.3 Å². The fourth-order valence-electron chi connectivity index (χ4n) is 4.97. The van der Waals surface area contributed by atoms with Crippen molar-refractivity contribution >= 4 is 29.3 Å². The highest BCUT2D eigenvalue weighted by molar-refractivity contribution is 7.99. The average Bonchev–Trinajstić information content (AvgIpc) is 3.41. The van der Waals surface area contributed by atoms with Crippen LogP contribution in [-0.2, 0) is 16.0 Å². The second-order valence-corrected chi connectivity index (χ2v) is 11.0. The standard InChI is InChI=1S/C30H32FN3O3S/c31-24-6-10-26(11-7-24)37-27-12-8-25(9-13-27)34(29(35)21-33-14-16-38-17-15-33)30(36)28-19-23(20-32-28)18-22-4-2-1-3-5-22/h1-13,23,28,32H,14-21H2. The quantitative estimate of drug-likeness (QED) is 0.451. The minimum Gasteiger partial charge on any atom is -0.457 e. The van der Waals surface area contributed by atoms with E-state index in [0.717, 1.165) is 37.6 Å². The van der Waals surface area contributed by atoms with E-state index in [-0.39, 0.29) is 24.2 Å². The Morgan fingerprint density at radius 1 is 0.947 bits per heavy atom. The van der Waals surface area contributed by atoms with Crippen molar-refractivity contribution in [1.82, 2.24) is 10.2 Å². The molecule has 2 atom stereocenters. The molecule has 0 bridgehead atoms. The smallest absolute Gasteiger partial charge is 0.250 e. The molecule has 0 saturated carbocycles. The molecule has 1 N–H and O–H groups in total. The summed E-state index contributed by atoms with van der Waals surface area (Å²) >= 11 is 1.88. The van der Waals surface area contributed by atoms with Crippen LogP contribution in [0.15, 0.2) is 78.9 Å². The van der Waals surface area contributed by atoms with Gasteiger partial charge in [-0.25, -0.2) is 9.29 Å². The molecule has 2 aliphatic rings. The number of halogens is 1. The second kappa shape index (κ2) is 12.6. The molecule has 198 valence electrons. The monoisotopic (exact) mass is 533 g/mol. The van der Waals surface area contributed by atoms with Gasteiger partial charge in [-0.05, 0) is 79.4 Å². The van der Waals surface area contributed by atoms with Gasteiger partial charge >= 0.3 is 0 Å². The predicted octanol–water partition coefficient (Wildman–Crippen LogP) is 4.75. The van der Waals surface area contributed by atoms with Gasteiger partial charge in [-0.3, -0.25) is 14.5 Å². The Kier molecular flexibility index (Phi) is 8.73. The first-order valence-corrected chi connectivity index (χ1v) is 14.2. The lowest BCUT2D eigenvalue weighted by atomic mass is 9.96. The zero-order valence-electron chi connectivity index (χ0n) is 21.2. The van der Waals surface area contributed by atoms with Crippen LogP contribution < -0.4 is 15.0 Å². The summed E-state index contributed by atoms with van der Waals surface area (Å²) in [5, 5.41) is 3.37. The fourth-order valence-corrected chi connectivity index (χ4v) is 5.95. The van der Waals surface area contributed by atoms with E-state index in [9.17, 15) is 14.0 Å². The van der Waals surface area contributed by atoms with Crippen LogP contribution in [0.3, 0.4) is 0 Å². The SMILES string of the molecule is O=C(CN1CCSCC1)N(C(=O)C1CC(Cc2ccccc2)CN1)c1ccc(Oc2ccc(F)cc2)cc1. The summed E-state index contributed by atoms with van der Waals surface area (Å²) in [6.07, 6.45) is 1.58. The lowest BCUT2D eigenvalue weighted by molar-refractivity contribution is -0.128. The van der Waals surface area contributed by atoms with Crippen LogP contribution in [0.1, 0.15) is 12.0 Å². The molecule has 2 amide bonds. The molecular weight excluding hydrogens is 501 g/mol. The van der Waals surface area contributed by atoms with Gasteiger partial charge in [0.1, 0.15) is 17.3 Å². The zero-order valence-corrected chi connectivity index (χ0v) is 22.0. The molecule has 5 rings (SSSR count). The first-order valence-electron chi connectivity index (χ1n) is 13.0. The minimum absolute atomic E-state index is 0.209.